The minimum atomic E-state index is -3.03. The molecule has 1 aliphatic rings. The van der Waals surface area contributed by atoms with E-state index in [9.17, 15) is 8.42 Å². The number of piperidine rings is 1. The lowest BCUT2D eigenvalue weighted by atomic mass is 10.1. The van der Waals surface area contributed by atoms with E-state index in [1.807, 2.05) is 41.3 Å². The van der Waals surface area contributed by atoms with E-state index < -0.39 is 9.84 Å². The predicted octanol–water partition coefficient (Wildman–Crippen LogP) is 2.23. The molecule has 1 unspecified atom stereocenters. The molecule has 3 rings (SSSR count). The van der Waals surface area contributed by atoms with Gasteiger partial charge in [-0.3, -0.25) is 0 Å². The summed E-state index contributed by atoms with van der Waals surface area (Å²) < 4.78 is 23.6. The predicted molar refractivity (Wildman–Crippen MR) is 91.8 cm³/mol. The highest BCUT2D eigenvalue weighted by molar-refractivity contribution is 7.91. The number of nitrogens with one attached hydrogen (secondary N) is 1. The molecule has 1 N–H and O–H groups in total. The monoisotopic (exact) mass is 332 g/mol. The lowest BCUT2D eigenvalue weighted by Crippen LogP contribution is -2.42. The molecule has 0 aliphatic carbocycles. The largest absolute Gasteiger partial charge is 0.355 e. The van der Waals surface area contributed by atoms with Crippen molar-refractivity contribution in [2.75, 3.05) is 29.6 Å². The standard InChI is InChI=1S/C16H20N4O2S/c1-23(21,22)14-8-5-9-20(11-14)16-10-15(17-12-18-16)19-13-6-3-2-4-7-13/h2-4,6-7,10,12,14H,5,8-9,11H2,1H3,(H,17,18,19). The normalized spacial score (nSPS) is 18.7. The van der Waals surface area contributed by atoms with Crippen molar-refractivity contribution in [3.63, 3.8) is 0 Å². The van der Waals surface area contributed by atoms with Crippen molar-refractivity contribution in [3.8, 4) is 0 Å². The van der Waals surface area contributed by atoms with Crippen molar-refractivity contribution in [2.45, 2.75) is 18.1 Å². The number of hydrogen-bond donors (Lipinski definition) is 1. The van der Waals surface area contributed by atoms with E-state index in [4.69, 9.17) is 0 Å². The molecular formula is C16H20N4O2S. The Bertz CT molecular complexity index is 765. The molecule has 0 spiro atoms. The number of rotatable bonds is 4. The minimum absolute atomic E-state index is 0.322. The van der Waals surface area contributed by atoms with Crippen molar-refractivity contribution in [1.29, 1.82) is 0 Å². The number of nitrogens with zero attached hydrogens (tertiary/aromatic N) is 3. The molecule has 0 bridgehead atoms. The lowest BCUT2D eigenvalue weighted by Gasteiger charge is -2.32. The summed E-state index contributed by atoms with van der Waals surface area (Å²) in [6.07, 6.45) is 4.38. The molecule has 7 heteroatoms. The summed E-state index contributed by atoms with van der Waals surface area (Å²) in [5.41, 5.74) is 0.949. The van der Waals surface area contributed by atoms with Gasteiger partial charge in [0.2, 0.25) is 0 Å². The number of benzene rings is 1. The molecule has 0 radical (unpaired) electrons. The Morgan fingerprint density at radius 2 is 2.00 bits per heavy atom. The molecule has 2 aromatic rings. The molecule has 1 saturated heterocycles. The van der Waals surface area contributed by atoms with Gasteiger partial charge in [-0.1, -0.05) is 18.2 Å². The second kappa shape index (κ2) is 6.54. The van der Waals surface area contributed by atoms with Gasteiger partial charge in [0, 0.05) is 31.1 Å². The van der Waals surface area contributed by atoms with E-state index in [1.54, 1.807) is 0 Å². The van der Waals surface area contributed by atoms with Gasteiger partial charge >= 0.3 is 0 Å². The highest BCUT2D eigenvalue weighted by Gasteiger charge is 2.28. The average molecular weight is 332 g/mol. The fraction of sp³-hybridized carbons (Fsp3) is 0.375. The van der Waals surface area contributed by atoms with E-state index in [0.29, 0.717) is 12.4 Å². The van der Waals surface area contributed by atoms with E-state index in [0.717, 1.165) is 30.9 Å². The van der Waals surface area contributed by atoms with Gasteiger partial charge in [0.05, 0.1) is 5.25 Å². The maximum absolute atomic E-state index is 11.8. The summed E-state index contributed by atoms with van der Waals surface area (Å²) in [6.45, 7) is 1.30. The van der Waals surface area contributed by atoms with Crippen LogP contribution in [0.1, 0.15) is 12.8 Å². The molecule has 122 valence electrons. The summed E-state index contributed by atoms with van der Waals surface area (Å²) in [7, 11) is -3.03. The molecule has 1 aromatic heterocycles. The fourth-order valence-corrected chi connectivity index (χ4v) is 3.80. The van der Waals surface area contributed by atoms with Gasteiger partial charge in [0.1, 0.15) is 18.0 Å². The molecule has 0 amide bonds. The molecule has 1 aromatic carbocycles. The zero-order chi connectivity index (χ0) is 16.3. The summed E-state index contributed by atoms with van der Waals surface area (Å²) in [5.74, 6) is 1.45. The Morgan fingerprint density at radius 3 is 2.74 bits per heavy atom. The second-order valence-electron chi connectivity index (χ2n) is 5.79. The van der Waals surface area contributed by atoms with Crippen LogP contribution in [0, 0.1) is 0 Å². The zero-order valence-electron chi connectivity index (χ0n) is 13.0. The molecule has 1 atom stereocenters. The van der Waals surface area contributed by atoms with Gasteiger partial charge in [-0.2, -0.15) is 0 Å². The summed E-state index contributed by atoms with van der Waals surface area (Å²) in [6, 6.07) is 11.6. The third kappa shape index (κ3) is 3.98. The Labute approximate surface area is 136 Å². The van der Waals surface area contributed by atoms with Crippen LogP contribution < -0.4 is 10.2 Å². The summed E-state index contributed by atoms with van der Waals surface area (Å²) in [4.78, 5) is 10.6. The van der Waals surface area contributed by atoms with E-state index >= 15 is 0 Å². The third-order valence-corrected chi connectivity index (χ3v) is 5.60. The molecule has 2 heterocycles. The smallest absolute Gasteiger partial charge is 0.152 e. The van der Waals surface area contributed by atoms with E-state index in [-0.39, 0.29) is 5.25 Å². The quantitative estimate of drug-likeness (QED) is 0.925. The Morgan fingerprint density at radius 1 is 1.22 bits per heavy atom. The number of anilines is 3. The van der Waals surface area contributed by atoms with Crippen LogP contribution in [0.25, 0.3) is 0 Å². The highest BCUT2D eigenvalue weighted by atomic mass is 32.2. The lowest BCUT2D eigenvalue weighted by molar-refractivity contribution is 0.534. The third-order valence-electron chi connectivity index (χ3n) is 4.01. The maximum Gasteiger partial charge on any atom is 0.152 e. The summed E-state index contributed by atoms with van der Waals surface area (Å²) >= 11 is 0. The Balaban J connectivity index is 1.77. The Kier molecular flexibility index (Phi) is 4.47. The first-order chi connectivity index (χ1) is 11.0. The van der Waals surface area contributed by atoms with Crippen LogP contribution in [0.15, 0.2) is 42.7 Å². The van der Waals surface area contributed by atoms with Crippen LogP contribution in [-0.4, -0.2) is 43.0 Å². The number of aromatic nitrogens is 2. The first-order valence-electron chi connectivity index (χ1n) is 7.60. The molecular weight excluding hydrogens is 312 g/mol. The topological polar surface area (TPSA) is 75.2 Å². The number of para-hydroxylation sites is 1. The van der Waals surface area contributed by atoms with Crippen molar-refractivity contribution >= 4 is 27.2 Å². The SMILES string of the molecule is CS(=O)(=O)C1CCCN(c2cc(Nc3ccccc3)ncn2)C1. The van der Waals surface area contributed by atoms with Crippen LogP contribution in [0.2, 0.25) is 0 Å². The van der Waals surface area contributed by atoms with Crippen molar-refractivity contribution < 1.29 is 8.42 Å². The highest BCUT2D eigenvalue weighted by Crippen LogP contribution is 2.23. The van der Waals surface area contributed by atoms with E-state index in [1.165, 1.54) is 12.6 Å². The first kappa shape index (κ1) is 15.7. The van der Waals surface area contributed by atoms with Gasteiger partial charge in [-0.15, -0.1) is 0 Å². The summed E-state index contributed by atoms with van der Waals surface area (Å²) in [5, 5.41) is 2.91. The molecule has 6 nitrogen and oxygen atoms in total. The van der Waals surface area contributed by atoms with Gasteiger partial charge < -0.3 is 10.2 Å². The number of sulfone groups is 1. The van der Waals surface area contributed by atoms with Gasteiger partial charge in [0.15, 0.2) is 9.84 Å². The average Bonchev–Trinajstić information content (AvgIpc) is 2.55. The maximum atomic E-state index is 11.8. The van der Waals surface area contributed by atoms with Crippen LogP contribution >= 0.6 is 0 Å². The number of hydrogen-bond acceptors (Lipinski definition) is 6. The van der Waals surface area contributed by atoms with Crippen molar-refractivity contribution in [2.24, 2.45) is 0 Å². The van der Waals surface area contributed by atoms with Gasteiger partial charge in [0.25, 0.3) is 0 Å². The van der Waals surface area contributed by atoms with E-state index in [2.05, 4.69) is 15.3 Å². The van der Waals surface area contributed by atoms with Crippen LogP contribution in [0.5, 0.6) is 0 Å². The van der Waals surface area contributed by atoms with Crippen LogP contribution in [-0.2, 0) is 9.84 Å². The van der Waals surface area contributed by atoms with Gasteiger partial charge in [-0.25, -0.2) is 18.4 Å². The molecule has 1 fully saturated rings. The minimum Gasteiger partial charge on any atom is -0.355 e. The zero-order valence-corrected chi connectivity index (χ0v) is 13.8. The van der Waals surface area contributed by atoms with Crippen molar-refractivity contribution in [1.82, 2.24) is 9.97 Å². The molecule has 1 aliphatic heterocycles. The molecule has 23 heavy (non-hydrogen) atoms. The van der Waals surface area contributed by atoms with Gasteiger partial charge in [-0.05, 0) is 25.0 Å². The second-order valence-corrected chi connectivity index (χ2v) is 8.12. The van der Waals surface area contributed by atoms with Crippen LogP contribution in [0.4, 0.5) is 17.3 Å². The van der Waals surface area contributed by atoms with Crippen molar-refractivity contribution in [3.05, 3.63) is 42.7 Å². The van der Waals surface area contributed by atoms with Crippen LogP contribution in [0.3, 0.4) is 0 Å². The first-order valence-corrected chi connectivity index (χ1v) is 9.56. The fourth-order valence-electron chi connectivity index (χ4n) is 2.75. The Hall–Kier alpha value is -2.15. The molecule has 0 saturated carbocycles.